The van der Waals surface area contributed by atoms with Crippen LogP contribution in [0.5, 0.6) is 23.0 Å². The number of nitrogens with two attached hydrogens (primary N) is 1. The van der Waals surface area contributed by atoms with Gasteiger partial charge >= 0.3 is 0 Å². The third kappa shape index (κ3) is 8.02. The SMILES string of the molecule is CCCC[S+]([O-])c1ccc2c(c1)OCC(C(O)CNC1CCN(C(C(N)=O)c3c(OCC)cccc3OCC)CC1)O2. The standard InChI is InChI=1S/C31H45N3O7S/c1-4-7-17-42(37)22-11-12-24-27(18-22)40-20-28(41-24)23(35)19-33-21-13-15-34(16-14-21)30(31(32)36)29-25(38-5-2)9-8-10-26(29)39-6-3/h8-12,18,21,23,28,30,33,35H,4-7,13-17,19-20H2,1-3H3,(H2,32,36). The molecule has 0 bridgehead atoms. The Morgan fingerprint density at radius 3 is 2.45 bits per heavy atom. The largest absolute Gasteiger partial charge is 0.611 e. The van der Waals surface area contributed by atoms with E-state index in [9.17, 15) is 14.5 Å². The minimum Gasteiger partial charge on any atom is -0.611 e. The van der Waals surface area contributed by atoms with Crippen molar-refractivity contribution in [1.82, 2.24) is 10.2 Å². The number of amides is 1. The summed E-state index contributed by atoms with van der Waals surface area (Å²) in [6.07, 6.45) is 2.16. The second-order valence-electron chi connectivity index (χ2n) is 10.6. The van der Waals surface area contributed by atoms with E-state index in [4.69, 9.17) is 24.7 Å². The molecular formula is C31H45N3O7S. The van der Waals surface area contributed by atoms with Gasteiger partial charge in [-0.1, -0.05) is 19.4 Å². The number of nitrogens with one attached hydrogen (secondary N) is 1. The van der Waals surface area contributed by atoms with Crippen molar-refractivity contribution in [3.8, 4) is 23.0 Å². The average molecular weight is 604 g/mol. The number of rotatable bonds is 15. The van der Waals surface area contributed by atoms with E-state index in [1.54, 1.807) is 18.2 Å². The van der Waals surface area contributed by atoms with E-state index in [0.29, 0.717) is 67.2 Å². The van der Waals surface area contributed by atoms with Crippen molar-refractivity contribution in [2.45, 2.75) is 75.6 Å². The molecule has 2 heterocycles. The number of hydrogen-bond acceptors (Lipinski definition) is 9. The molecule has 1 saturated heterocycles. The molecule has 10 nitrogen and oxygen atoms in total. The zero-order valence-corrected chi connectivity index (χ0v) is 25.7. The lowest BCUT2D eigenvalue weighted by Crippen LogP contribution is -2.50. The van der Waals surface area contributed by atoms with Crippen LogP contribution in [0.1, 0.15) is 58.1 Å². The van der Waals surface area contributed by atoms with Crippen molar-refractivity contribution >= 4 is 17.1 Å². The molecule has 2 aliphatic rings. The van der Waals surface area contributed by atoms with Gasteiger partial charge in [0.2, 0.25) is 5.91 Å². The molecule has 4 unspecified atom stereocenters. The van der Waals surface area contributed by atoms with Gasteiger partial charge in [0, 0.05) is 31.7 Å². The van der Waals surface area contributed by atoms with Crippen LogP contribution >= 0.6 is 0 Å². The number of unbranched alkanes of at least 4 members (excludes halogenated alkanes) is 1. The molecular weight excluding hydrogens is 558 g/mol. The molecule has 4 rings (SSSR count). The van der Waals surface area contributed by atoms with Gasteiger partial charge < -0.3 is 39.7 Å². The predicted molar refractivity (Wildman–Crippen MR) is 162 cm³/mol. The smallest absolute Gasteiger partial charge is 0.239 e. The topological polar surface area (TPSA) is 139 Å². The molecule has 4 atom stereocenters. The van der Waals surface area contributed by atoms with Gasteiger partial charge in [0.15, 0.2) is 22.5 Å². The first-order valence-corrected chi connectivity index (χ1v) is 16.3. The summed E-state index contributed by atoms with van der Waals surface area (Å²) >= 11 is -1.07. The van der Waals surface area contributed by atoms with Crippen molar-refractivity contribution in [3.63, 3.8) is 0 Å². The molecule has 1 amide bonds. The number of carbonyl (C=O) groups excluding carboxylic acids is 1. The number of ether oxygens (including phenoxy) is 4. The first kappa shape index (κ1) is 32.2. The van der Waals surface area contributed by atoms with Gasteiger partial charge in [0.05, 0.1) is 18.8 Å². The molecule has 42 heavy (non-hydrogen) atoms. The van der Waals surface area contributed by atoms with E-state index in [2.05, 4.69) is 17.1 Å². The highest BCUT2D eigenvalue weighted by Crippen LogP contribution is 2.39. The van der Waals surface area contributed by atoms with Crippen LogP contribution < -0.4 is 30.0 Å². The fourth-order valence-corrected chi connectivity index (χ4v) is 6.68. The highest BCUT2D eigenvalue weighted by Gasteiger charge is 2.35. The summed E-state index contributed by atoms with van der Waals surface area (Å²) in [5.74, 6) is 2.49. The maximum atomic E-state index is 12.7. The first-order valence-electron chi connectivity index (χ1n) is 15.0. The zero-order valence-electron chi connectivity index (χ0n) is 24.9. The fourth-order valence-electron chi connectivity index (χ4n) is 5.43. The third-order valence-corrected chi connectivity index (χ3v) is 9.09. The van der Waals surface area contributed by atoms with Crippen molar-refractivity contribution in [1.29, 1.82) is 0 Å². The molecule has 0 saturated carbocycles. The average Bonchev–Trinajstić information content (AvgIpc) is 3.00. The Hall–Kier alpha value is -2.70. The maximum absolute atomic E-state index is 12.7. The molecule has 0 aliphatic carbocycles. The van der Waals surface area contributed by atoms with Gasteiger partial charge in [-0.2, -0.15) is 0 Å². The number of hydrogen-bond donors (Lipinski definition) is 3. The van der Waals surface area contributed by atoms with Gasteiger partial charge in [-0.25, -0.2) is 0 Å². The lowest BCUT2D eigenvalue weighted by atomic mass is 9.97. The number of primary amides is 1. The number of piperidine rings is 1. The van der Waals surface area contributed by atoms with E-state index in [0.717, 1.165) is 30.6 Å². The van der Waals surface area contributed by atoms with Gasteiger partial charge in [-0.05, 0) is 68.6 Å². The number of aliphatic hydroxyl groups excluding tert-OH is 1. The van der Waals surface area contributed by atoms with Crippen molar-refractivity contribution in [2.24, 2.45) is 5.73 Å². The minimum atomic E-state index is -1.07. The molecule has 0 spiro atoms. The number of carbonyl (C=O) groups is 1. The Kier molecular flexibility index (Phi) is 12.0. The van der Waals surface area contributed by atoms with Crippen LogP contribution in [0.3, 0.4) is 0 Å². The summed E-state index contributed by atoms with van der Waals surface area (Å²) < 4.78 is 36.1. The highest BCUT2D eigenvalue weighted by molar-refractivity contribution is 7.91. The number of likely N-dealkylation sites (tertiary alicyclic amines) is 1. The molecule has 11 heteroatoms. The predicted octanol–water partition coefficient (Wildman–Crippen LogP) is 3.17. The Bertz CT molecular complexity index is 1140. The third-order valence-electron chi connectivity index (χ3n) is 7.65. The Balaban J connectivity index is 1.31. The van der Waals surface area contributed by atoms with E-state index in [1.165, 1.54) is 0 Å². The summed E-state index contributed by atoms with van der Waals surface area (Å²) in [5, 5.41) is 14.3. The van der Waals surface area contributed by atoms with Gasteiger partial charge in [0.1, 0.15) is 36.0 Å². The number of benzene rings is 2. The Morgan fingerprint density at radius 2 is 1.83 bits per heavy atom. The molecule has 4 N–H and O–H groups in total. The molecule has 2 aliphatic heterocycles. The van der Waals surface area contributed by atoms with Crippen LogP contribution in [-0.4, -0.2) is 83.9 Å². The van der Waals surface area contributed by atoms with E-state index >= 15 is 0 Å². The normalized spacial score (nSPS) is 19.6. The summed E-state index contributed by atoms with van der Waals surface area (Å²) in [5.41, 5.74) is 6.61. The lowest BCUT2D eigenvalue weighted by molar-refractivity contribution is -0.124. The molecule has 0 radical (unpaired) electrons. The van der Waals surface area contributed by atoms with E-state index in [-0.39, 0.29) is 12.6 Å². The molecule has 2 aromatic rings. The number of aliphatic hydroxyl groups is 1. The van der Waals surface area contributed by atoms with Crippen molar-refractivity contribution in [3.05, 3.63) is 42.0 Å². The van der Waals surface area contributed by atoms with Crippen LogP contribution in [0, 0.1) is 0 Å². The maximum Gasteiger partial charge on any atom is 0.239 e. The second kappa shape index (κ2) is 15.7. The number of nitrogens with zero attached hydrogens (tertiary/aromatic N) is 1. The van der Waals surface area contributed by atoms with Gasteiger partial charge in [-0.3, -0.25) is 9.69 Å². The quantitative estimate of drug-likeness (QED) is 0.262. The summed E-state index contributed by atoms with van der Waals surface area (Å²) in [6, 6.07) is 10.4. The van der Waals surface area contributed by atoms with Crippen LogP contribution in [-0.2, 0) is 16.0 Å². The van der Waals surface area contributed by atoms with E-state index in [1.807, 2.05) is 32.0 Å². The van der Waals surface area contributed by atoms with Crippen LogP contribution in [0.4, 0.5) is 0 Å². The molecule has 1 fully saturated rings. The highest BCUT2D eigenvalue weighted by atomic mass is 32.2. The molecule has 232 valence electrons. The molecule has 0 aromatic heterocycles. The van der Waals surface area contributed by atoms with Gasteiger partial charge in [-0.15, -0.1) is 0 Å². The minimum absolute atomic E-state index is 0.162. The van der Waals surface area contributed by atoms with Crippen LogP contribution in [0.2, 0.25) is 0 Å². The number of fused-ring (bicyclic) bond motifs is 1. The van der Waals surface area contributed by atoms with Crippen molar-refractivity contribution in [2.75, 3.05) is 45.2 Å². The van der Waals surface area contributed by atoms with Crippen LogP contribution in [0.25, 0.3) is 0 Å². The van der Waals surface area contributed by atoms with Gasteiger partial charge in [0.25, 0.3) is 0 Å². The Labute approximate surface area is 252 Å². The summed E-state index contributed by atoms with van der Waals surface area (Å²) in [4.78, 5) is 15.6. The monoisotopic (exact) mass is 603 g/mol. The fraction of sp³-hybridized carbons (Fsp3) is 0.581. The van der Waals surface area contributed by atoms with Crippen molar-refractivity contribution < 1.29 is 33.4 Å². The van der Waals surface area contributed by atoms with Crippen LogP contribution in [0.15, 0.2) is 41.3 Å². The zero-order chi connectivity index (χ0) is 30.1. The first-order chi connectivity index (χ1) is 20.4. The second-order valence-corrected chi connectivity index (χ2v) is 12.2. The molecule has 2 aromatic carbocycles. The summed E-state index contributed by atoms with van der Waals surface area (Å²) in [7, 11) is 0. The summed E-state index contributed by atoms with van der Waals surface area (Å²) in [6.45, 7) is 8.65. The Morgan fingerprint density at radius 1 is 1.14 bits per heavy atom. The van der Waals surface area contributed by atoms with E-state index < -0.39 is 35.3 Å². The lowest BCUT2D eigenvalue weighted by Gasteiger charge is -2.38.